The predicted molar refractivity (Wildman–Crippen MR) is 77.2 cm³/mol. The first kappa shape index (κ1) is 14.7. The van der Waals surface area contributed by atoms with Gasteiger partial charge in [0.1, 0.15) is 5.78 Å². The standard InChI is InChI=1S/C14H21N3O3S/c1-2-16-9-14(15-10-16)21(19,20)17-8-4-6-12(17)11-5-3-7-13(11)18/h9-12H,2-8H2,1H3. The van der Waals surface area contributed by atoms with Crippen LogP contribution in [0.15, 0.2) is 17.6 Å². The Morgan fingerprint density at radius 3 is 2.76 bits per heavy atom. The minimum Gasteiger partial charge on any atom is -0.336 e. The monoisotopic (exact) mass is 311 g/mol. The third-order valence-electron chi connectivity index (χ3n) is 4.61. The molecule has 2 heterocycles. The van der Waals surface area contributed by atoms with Crippen molar-refractivity contribution in [1.82, 2.24) is 13.9 Å². The summed E-state index contributed by atoms with van der Waals surface area (Å²) in [6.07, 6.45) is 7.02. The number of Topliss-reactive ketones (excluding diaryl/α,β-unsaturated/α-hetero) is 1. The molecule has 0 aromatic carbocycles. The molecule has 1 aromatic rings. The Balaban J connectivity index is 1.88. The molecule has 2 unspecified atom stereocenters. The fraction of sp³-hybridized carbons (Fsp3) is 0.714. The lowest BCUT2D eigenvalue weighted by Gasteiger charge is -2.27. The lowest BCUT2D eigenvalue weighted by atomic mass is 9.96. The van der Waals surface area contributed by atoms with Crippen LogP contribution in [0.2, 0.25) is 0 Å². The number of aromatic nitrogens is 2. The van der Waals surface area contributed by atoms with Gasteiger partial charge < -0.3 is 4.57 Å². The first-order valence-electron chi connectivity index (χ1n) is 7.60. The Morgan fingerprint density at radius 2 is 2.14 bits per heavy atom. The summed E-state index contributed by atoms with van der Waals surface area (Å²) >= 11 is 0. The van der Waals surface area contributed by atoms with Gasteiger partial charge in [-0.2, -0.15) is 4.31 Å². The van der Waals surface area contributed by atoms with Crippen LogP contribution in [0.1, 0.15) is 39.0 Å². The van der Waals surface area contributed by atoms with Crippen molar-refractivity contribution in [3.8, 4) is 0 Å². The molecule has 1 aromatic heterocycles. The predicted octanol–water partition coefficient (Wildman–Crippen LogP) is 1.43. The van der Waals surface area contributed by atoms with Crippen molar-refractivity contribution in [2.75, 3.05) is 6.54 Å². The molecule has 0 spiro atoms. The number of carbonyl (C=O) groups is 1. The normalized spacial score (nSPS) is 27.6. The number of rotatable bonds is 4. The van der Waals surface area contributed by atoms with Gasteiger partial charge >= 0.3 is 0 Å². The SMILES string of the molecule is CCn1cnc(S(=O)(=O)N2CCCC2C2CCCC2=O)c1. The Labute approximate surface area is 125 Å². The Bertz CT molecular complexity index is 638. The number of sulfonamides is 1. The van der Waals surface area contributed by atoms with Crippen LogP contribution in [-0.2, 0) is 21.4 Å². The Hall–Kier alpha value is -1.21. The molecule has 116 valence electrons. The highest BCUT2D eigenvalue weighted by atomic mass is 32.2. The number of nitrogens with zero attached hydrogens (tertiary/aromatic N) is 3. The van der Waals surface area contributed by atoms with E-state index in [9.17, 15) is 13.2 Å². The molecule has 0 bridgehead atoms. The summed E-state index contributed by atoms with van der Waals surface area (Å²) in [5, 5.41) is 0.0988. The summed E-state index contributed by atoms with van der Waals surface area (Å²) in [4.78, 5) is 16.0. The third kappa shape index (κ3) is 2.53. The lowest BCUT2D eigenvalue weighted by Crippen LogP contribution is -2.41. The molecule has 1 saturated heterocycles. The summed E-state index contributed by atoms with van der Waals surface area (Å²) in [6, 6.07) is -0.170. The van der Waals surface area contributed by atoms with Crippen molar-refractivity contribution in [2.24, 2.45) is 5.92 Å². The maximum atomic E-state index is 12.8. The Kier molecular flexibility index (Phi) is 3.88. The molecular formula is C14H21N3O3S. The van der Waals surface area contributed by atoms with E-state index in [0.29, 0.717) is 19.5 Å². The van der Waals surface area contributed by atoms with Gasteiger partial charge in [0.2, 0.25) is 0 Å². The largest absolute Gasteiger partial charge is 0.336 e. The van der Waals surface area contributed by atoms with Gasteiger partial charge in [0.15, 0.2) is 5.03 Å². The number of aryl methyl sites for hydroxylation is 1. The minimum atomic E-state index is -3.59. The number of imidazole rings is 1. The maximum Gasteiger partial charge on any atom is 0.262 e. The van der Waals surface area contributed by atoms with Gasteiger partial charge in [-0.05, 0) is 32.6 Å². The Morgan fingerprint density at radius 1 is 1.33 bits per heavy atom. The van der Waals surface area contributed by atoms with Crippen molar-refractivity contribution in [3.05, 3.63) is 12.5 Å². The first-order valence-corrected chi connectivity index (χ1v) is 9.04. The number of carbonyl (C=O) groups excluding carboxylic acids is 1. The highest BCUT2D eigenvalue weighted by Gasteiger charge is 2.44. The summed E-state index contributed by atoms with van der Waals surface area (Å²) in [5.74, 6) is 0.108. The molecule has 21 heavy (non-hydrogen) atoms. The second-order valence-corrected chi connectivity index (χ2v) is 7.67. The fourth-order valence-electron chi connectivity index (χ4n) is 3.48. The third-order valence-corrected chi connectivity index (χ3v) is 6.42. The summed E-state index contributed by atoms with van der Waals surface area (Å²) in [5.41, 5.74) is 0. The average Bonchev–Trinajstić information content (AvgIpc) is 3.18. The molecule has 3 rings (SSSR count). The zero-order chi connectivity index (χ0) is 15.0. The maximum absolute atomic E-state index is 12.8. The molecule has 1 aliphatic carbocycles. The van der Waals surface area contributed by atoms with Crippen LogP contribution in [0, 0.1) is 5.92 Å². The smallest absolute Gasteiger partial charge is 0.262 e. The van der Waals surface area contributed by atoms with Gasteiger partial charge in [0.25, 0.3) is 10.0 Å². The summed E-state index contributed by atoms with van der Waals surface area (Å²) in [7, 11) is -3.59. The van der Waals surface area contributed by atoms with Gasteiger partial charge in [-0.25, -0.2) is 13.4 Å². The van der Waals surface area contributed by atoms with Crippen molar-refractivity contribution in [1.29, 1.82) is 0 Å². The van der Waals surface area contributed by atoms with Crippen LogP contribution in [0.25, 0.3) is 0 Å². The number of hydrogen-bond acceptors (Lipinski definition) is 4. The molecule has 0 radical (unpaired) electrons. The molecule has 2 aliphatic rings. The molecule has 1 saturated carbocycles. The van der Waals surface area contributed by atoms with E-state index in [4.69, 9.17) is 0 Å². The van der Waals surface area contributed by atoms with E-state index in [-0.39, 0.29) is 22.8 Å². The van der Waals surface area contributed by atoms with Crippen molar-refractivity contribution >= 4 is 15.8 Å². The van der Waals surface area contributed by atoms with Gasteiger partial charge in [0.05, 0.1) is 6.33 Å². The second-order valence-electron chi connectivity index (χ2n) is 5.83. The molecule has 0 N–H and O–H groups in total. The zero-order valence-electron chi connectivity index (χ0n) is 12.2. The van der Waals surface area contributed by atoms with Gasteiger partial charge in [-0.1, -0.05) is 0 Å². The van der Waals surface area contributed by atoms with Crippen LogP contribution in [0.3, 0.4) is 0 Å². The summed E-state index contributed by atoms with van der Waals surface area (Å²) < 4.78 is 28.8. The van der Waals surface area contributed by atoms with Gasteiger partial charge in [-0.15, -0.1) is 0 Å². The molecule has 2 fully saturated rings. The van der Waals surface area contributed by atoms with Crippen molar-refractivity contribution < 1.29 is 13.2 Å². The van der Waals surface area contributed by atoms with E-state index in [2.05, 4.69) is 4.98 Å². The van der Waals surface area contributed by atoms with Crippen molar-refractivity contribution in [3.63, 3.8) is 0 Å². The quantitative estimate of drug-likeness (QED) is 0.843. The minimum absolute atomic E-state index is 0.0988. The highest BCUT2D eigenvalue weighted by Crippen LogP contribution is 2.36. The van der Waals surface area contributed by atoms with Crippen LogP contribution in [0.4, 0.5) is 0 Å². The first-order chi connectivity index (χ1) is 10.0. The number of hydrogen-bond donors (Lipinski definition) is 0. The van der Waals surface area contributed by atoms with Crippen LogP contribution in [0.5, 0.6) is 0 Å². The van der Waals surface area contributed by atoms with Crippen LogP contribution >= 0.6 is 0 Å². The van der Waals surface area contributed by atoms with E-state index >= 15 is 0 Å². The molecule has 1 aliphatic heterocycles. The van der Waals surface area contributed by atoms with Crippen molar-refractivity contribution in [2.45, 2.75) is 56.6 Å². The lowest BCUT2D eigenvalue weighted by molar-refractivity contribution is -0.121. The summed E-state index contributed by atoms with van der Waals surface area (Å²) in [6.45, 7) is 3.12. The molecule has 7 heteroatoms. The molecular weight excluding hydrogens is 290 g/mol. The van der Waals surface area contributed by atoms with E-state index in [1.807, 2.05) is 6.92 Å². The molecule has 0 amide bonds. The second kappa shape index (κ2) is 5.53. The topological polar surface area (TPSA) is 72.3 Å². The molecule has 6 nitrogen and oxygen atoms in total. The van der Waals surface area contributed by atoms with E-state index in [1.165, 1.54) is 4.31 Å². The van der Waals surface area contributed by atoms with E-state index in [1.54, 1.807) is 17.1 Å². The average molecular weight is 311 g/mol. The van der Waals surface area contributed by atoms with E-state index in [0.717, 1.165) is 25.7 Å². The fourth-order valence-corrected chi connectivity index (χ4v) is 5.15. The number of ketones is 1. The van der Waals surface area contributed by atoms with Crippen LogP contribution in [-0.4, -0.2) is 40.6 Å². The zero-order valence-corrected chi connectivity index (χ0v) is 13.1. The highest BCUT2D eigenvalue weighted by molar-refractivity contribution is 7.89. The van der Waals surface area contributed by atoms with Gasteiger partial charge in [0, 0.05) is 37.7 Å². The molecule has 2 atom stereocenters. The van der Waals surface area contributed by atoms with Crippen LogP contribution < -0.4 is 0 Å². The van der Waals surface area contributed by atoms with Gasteiger partial charge in [-0.3, -0.25) is 4.79 Å². The van der Waals surface area contributed by atoms with E-state index < -0.39 is 10.0 Å².